The van der Waals surface area contributed by atoms with Crippen molar-refractivity contribution in [3.8, 4) is 5.75 Å². The number of rotatable bonds is 8. The van der Waals surface area contributed by atoms with E-state index in [0.717, 1.165) is 17.0 Å². The molecule has 0 spiro atoms. The van der Waals surface area contributed by atoms with Gasteiger partial charge in [0.2, 0.25) is 5.91 Å². The van der Waals surface area contributed by atoms with E-state index in [0.29, 0.717) is 11.7 Å². The number of nitrogens with one attached hydrogen (secondary N) is 3. The Morgan fingerprint density at radius 3 is 2.54 bits per heavy atom. The van der Waals surface area contributed by atoms with Crippen LogP contribution in [0.1, 0.15) is 16.1 Å². The van der Waals surface area contributed by atoms with Crippen LogP contribution in [0.15, 0.2) is 54.2 Å². The van der Waals surface area contributed by atoms with E-state index >= 15 is 0 Å². The number of thiazole rings is 1. The third kappa shape index (κ3) is 5.52. The summed E-state index contributed by atoms with van der Waals surface area (Å²) in [6.07, 6.45) is 3.31. The summed E-state index contributed by atoms with van der Waals surface area (Å²) < 4.78 is 5.11. The lowest BCUT2D eigenvalue weighted by atomic mass is 10.3. The van der Waals surface area contributed by atoms with Gasteiger partial charge in [0.15, 0.2) is 5.13 Å². The van der Waals surface area contributed by atoms with E-state index in [4.69, 9.17) is 4.74 Å². The Balaban J connectivity index is 1.46. The van der Waals surface area contributed by atoms with Gasteiger partial charge in [-0.1, -0.05) is 0 Å². The van der Waals surface area contributed by atoms with Crippen LogP contribution < -0.4 is 20.7 Å². The molecule has 8 nitrogen and oxygen atoms in total. The molecule has 0 saturated carbocycles. The van der Waals surface area contributed by atoms with Crippen molar-refractivity contribution >= 4 is 34.0 Å². The van der Waals surface area contributed by atoms with Gasteiger partial charge in [0.1, 0.15) is 11.4 Å². The van der Waals surface area contributed by atoms with Gasteiger partial charge in [0, 0.05) is 30.0 Å². The van der Waals surface area contributed by atoms with Crippen LogP contribution in [0.2, 0.25) is 0 Å². The van der Waals surface area contributed by atoms with Gasteiger partial charge >= 0.3 is 0 Å². The molecule has 0 aliphatic rings. The lowest BCUT2D eigenvalue weighted by Gasteiger charge is -2.06. The zero-order chi connectivity index (χ0) is 19.8. The fraction of sp³-hybridized carbons (Fsp3) is 0.158. The normalized spacial score (nSPS) is 10.2. The first-order chi connectivity index (χ1) is 13.6. The Morgan fingerprint density at radius 2 is 1.82 bits per heavy atom. The molecule has 2 heterocycles. The summed E-state index contributed by atoms with van der Waals surface area (Å²) in [6, 6.07) is 11.0. The van der Waals surface area contributed by atoms with Crippen molar-refractivity contribution in [3.05, 3.63) is 65.4 Å². The SMILES string of the molecule is COc1ccc(Nc2nc(C(=O)NCC(=O)NCc3ccncc3)cs2)cc1. The van der Waals surface area contributed by atoms with Gasteiger partial charge < -0.3 is 20.7 Å². The number of pyridine rings is 1. The fourth-order valence-electron chi connectivity index (χ4n) is 2.25. The van der Waals surface area contributed by atoms with Crippen molar-refractivity contribution in [1.29, 1.82) is 0 Å². The maximum Gasteiger partial charge on any atom is 0.271 e. The van der Waals surface area contributed by atoms with Crippen LogP contribution in [-0.4, -0.2) is 35.4 Å². The van der Waals surface area contributed by atoms with Crippen LogP contribution >= 0.6 is 11.3 Å². The van der Waals surface area contributed by atoms with Crippen molar-refractivity contribution in [2.45, 2.75) is 6.54 Å². The van der Waals surface area contributed by atoms with E-state index in [9.17, 15) is 9.59 Å². The van der Waals surface area contributed by atoms with Crippen molar-refractivity contribution in [2.75, 3.05) is 19.0 Å². The number of nitrogens with zero attached hydrogens (tertiary/aromatic N) is 2. The highest BCUT2D eigenvalue weighted by Crippen LogP contribution is 2.22. The largest absolute Gasteiger partial charge is 0.497 e. The molecule has 0 atom stereocenters. The standard InChI is InChI=1S/C19H19N5O3S/c1-27-15-4-2-14(3-5-15)23-19-24-16(12-28-19)18(26)22-11-17(25)21-10-13-6-8-20-9-7-13/h2-9,12H,10-11H2,1H3,(H,21,25)(H,22,26)(H,23,24). The second-order valence-corrected chi connectivity index (χ2v) is 6.56. The first kappa shape index (κ1) is 19.3. The van der Waals surface area contributed by atoms with E-state index < -0.39 is 5.91 Å². The Bertz CT molecular complexity index is 928. The second kappa shape index (κ2) is 9.47. The topological polar surface area (TPSA) is 105 Å². The summed E-state index contributed by atoms with van der Waals surface area (Å²) in [6.45, 7) is 0.256. The Morgan fingerprint density at radius 1 is 1.07 bits per heavy atom. The number of anilines is 2. The van der Waals surface area contributed by atoms with Crippen LogP contribution in [0.4, 0.5) is 10.8 Å². The minimum Gasteiger partial charge on any atom is -0.497 e. The molecule has 0 saturated heterocycles. The van der Waals surface area contributed by atoms with E-state index in [-0.39, 0.29) is 18.1 Å². The quantitative estimate of drug-likeness (QED) is 0.539. The first-order valence-corrected chi connectivity index (χ1v) is 9.32. The maximum absolute atomic E-state index is 12.2. The number of aromatic nitrogens is 2. The highest BCUT2D eigenvalue weighted by Gasteiger charge is 2.12. The van der Waals surface area contributed by atoms with Crippen LogP contribution in [0.3, 0.4) is 0 Å². The summed E-state index contributed by atoms with van der Waals surface area (Å²) in [7, 11) is 1.60. The van der Waals surface area contributed by atoms with Gasteiger partial charge in [-0.25, -0.2) is 4.98 Å². The lowest BCUT2D eigenvalue weighted by molar-refractivity contribution is -0.120. The molecule has 2 amide bonds. The van der Waals surface area contributed by atoms with E-state index in [1.807, 2.05) is 36.4 Å². The van der Waals surface area contributed by atoms with Crippen molar-refractivity contribution in [3.63, 3.8) is 0 Å². The minimum atomic E-state index is -0.405. The monoisotopic (exact) mass is 397 g/mol. The van der Waals surface area contributed by atoms with Crippen LogP contribution in [0.5, 0.6) is 5.75 Å². The number of hydrogen-bond donors (Lipinski definition) is 3. The summed E-state index contributed by atoms with van der Waals surface area (Å²) in [5.41, 5.74) is 2.02. The molecule has 144 valence electrons. The van der Waals surface area contributed by atoms with Crippen LogP contribution in [-0.2, 0) is 11.3 Å². The predicted octanol–water partition coefficient (Wildman–Crippen LogP) is 2.34. The highest BCUT2D eigenvalue weighted by atomic mass is 32.1. The Hall–Kier alpha value is -3.46. The van der Waals surface area contributed by atoms with Gasteiger partial charge in [-0.15, -0.1) is 11.3 Å². The molecule has 0 aliphatic heterocycles. The number of carbonyl (C=O) groups excluding carboxylic acids is 2. The minimum absolute atomic E-state index is 0.122. The third-order valence-electron chi connectivity index (χ3n) is 3.73. The van der Waals surface area contributed by atoms with E-state index in [2.05, 4.69) is 25.9 Å². The number of hydrogen-bond acceptors (Lipinski definition) is 7. The highest BCUT2D eigenvalue weighted by molar-refractivity contribution is 7.14. The number of amides is 2. The maximum atomic E-state index is 12.2. The fourth-order valence-corrected chi connectivity index (χ4v) is 2.96. The zero-order valence-corrected chi connectivity index (χ0v) is 16.0. The zero-order valence-electron chi connectivity index (χ0n) is 15.1. The molecule has 3 N–H and O–H groups in total. The molecule has 0 bridgehead atoms. The molecule has 3 rings (SSSR count). The summed E-state index contributed by atoms with van der Waals surface area (Å²) in [5, 5.41) is 10.6. The predicted molar refractivity (Wildman–Crippen MR) is 107 cm³/mol. The van der Waals surface area contributed by atoms with E-state index in [1.54, 1.807) is 24.9 Å². The molecule has 1 aromatic carbocycles. The molecule has 0 radical (unpaired) electrons. The van der Waals surface area contributed by atoms with Gasteiger partial charge in [0.25, 0.3) is 5.91 Å². The van der Waals surface area contributed by atoms with Crippen LogP contribution in [0, 0.1) is 0 Å². The lowest BCUT2D eigenvalue weighted by Crippen LogP contribution is -2.36. The molecule has 2 aromatic heterocycles. The van der Waals surface area contributed by atoms with Gasteiger partial charge in [-0.2, -0.15) is 0 Å². The average molecular weight is 397 g/mol. The number of methoxy groups -OCH3 is 1. The van der Waals surface area contributed by atoms with E-state index in [1.165, 1.54) is 11.3 Å². The Kier molecular flexibility index (Phi) is 6.53. The number of ether oxygens (including phenoxy) is 1. The van der Waals surface area contributed by atoms with Crippen LogP contribution in [0.25, 0.3) is 0 Å². The summed E-state index contributed by atoms with van der Waals surface area (Å²) in [5.74, 6) is 0.0713. The smallest absolute Gasteiger partial charge is 0.271 e. The van der Waals surface area contributed by atoms with Crippen molar-refractivity contribution in [1.82, 2.24) is 20.6 Å². The third-order valence-corrected chi connectivity index (χ3v) is 4.48. The Labute approximate surface area is 166 Å². The molecule has 9 heteroatoms. The first-order valence-electron chi connectivity index (χ1n) is 8.44. The molecule has 28 heavy (non-hydrogen) atoms. The molecule has 3 aromatic rings. The van der Waals surface area contributed by atoms with Gasteiger partial charge in [-0.3, -0.25) is 14.6 Å². The number of carbonyl (C=O) groups is 2. The van der Waals surface area contributed by atoms with Crippen molar-refractivity contribution < 1.29 is 14.3 Å². The molecular formula is C19H19N5O3S. The van der Waals surface area contributed by atoms with Crippen molar-refractivity contribution in [2.24, 2.45) is 0 Å². The van der Waals surface area contributed by atoms with Gasteiger partial charge in [0.05, 0.1) is 13.7 Å². The molecule has 0 unspecified atom stereocenters. The molecule has 0 fully saturated rings. The summed E-state index contributed by atoms with van der Waals surface area (Å²) in [4.78, 5) is 32.2. The molecular weight excluding hydrogens is 378 g/mol. The average Bonchev–Trinajstić information content (AvgIpc) is 3.20. The summed E-state index contributed by atoms with van der Waals surface area (Å²) >= 11 is 1.30. The van der Waals surface area contributed by atoms with Gasteiger partial charge in [-0.05, 0) is 42.0 Å². The number of benzene rings is 1. The second-order valence-electron chi connectivity index (χ2n) is 5.71. The molecule has 0 aliphatic carbocycles.